The minimum Gasteiger partial charge on any atom is -0.480 e. The fourth-order valence-corrected chi connectivity index (χ4v) is 0.835. The zero-order valence-electron chi connectivity index (χ0n) is 10.5. The third kappa shape index (κ3) is 5.30. The Balaban J connectivity index is 4.23. The Morgan fingerprint density at radius 1 is 1.18 bits per heavy atom. The SMILES string of the molecule is CC(C)(N)C(=O)NCC(=O)NC(C)(C)C(=O)O. The van der Waals surface area contributed by atoms with Gasteiger partial charge in [-0.05, 0) is 27.7 Å². The fraction of sp³-hybridized carbons (Fsp3) is 0.700. The van der Waals surface area contributed by atoms with Crippen molar-refractivity contribution in [1.29, 1.82) is 0 Å². The predicted molar refractivity (Wildman–Crippen MR) is 61.1 cm³/mol. The summed E-state index contributed by atoms with van der Waals surface area (Å²) in [5.74, 6) is -2.23. The number of carbonyl (C=O) groups excluding carboxylic acids is 2. The van der Waals surface area contributed by atoms with E-state index in [1.165, 1.54) is 27.7 Å². The van der Waals surface area contributed by atoms with Crippen LogP contribution in [0.1, 0.15) is 27.7 Å². The molecule has 7 heteroatoms. The Morgan fingerprint density at radius 2 is 1.65 bits per heavy atom. The van der Waals surface area contributed by atoms with Crippen molar-refractivity contribution in [2.45, 2.75) is 38.8 Å². The van der Waals surface area contributed by atoms with Gasteiger partial charge in [0.2, 0.25) is 11.8 Å². The molecule has 0 heterocycles. The highest BCUT2D eigenvalue weighted by Gasteiger charge is 2.29. The monoisotopic (exact) mass is 245 g/mol. The molecule has 2 amide bonds. The first-order valence-corrected chi connectivity index (χ1v) is 5.08. The Kier molecular flexibility index (Phi) is 4.64. The van der Waals surface area contributed by atoms with Crippen LogP contribution < -0.4 is 16.4 Å². The van der Waals surface area contributed by atoms with E-state index in [9.17, 15) is 14.4 Å². The Labute approximate surface area is 99.7 Å². The second-order valence-electron chi connectivity index (χ2n) is 4.88. The molecule has 0 aliphatic carbocycles. The van der Waals surface area contributed by atoms with Crippen molar-refractivity contribution in [2.75, 3.05) is 6.54 Å². The van der Waals surface area contributed by atoms with Crippen molar-refractivity contribution < 1.29 is 19.5 Å². The van der Waals surface area contributed by atoms with Crippen LogP contribution in [0.5, 0.6) is 0 Å². The number of carbonyl (C=O) groups is 3. The summed E-state index contributed by atoms with van der Waals surface area (Å²) >= 11 is 0. The molecule has 0 aromatic heterocycles. The molecule has 98 valence electrons. The molecular weight excluding hydrogens is 226 g/mol. The van der Waals surface area contributed by atoms with Crippen molar-refractivity contribution in [3.8, 4) is 0 Å². The van der Waals surface area contributed by atoms with Gasteiger partial charge >= 0.3 is 5.97 Å². The lowest BCUT2D eigenvalue weighted by atomic mass is 10.1. The minimum absolute atomic E-state index is 0.309. The summed E-state index contributed by atoms with van der Waals surface area (Å²) in [4.78, 5) is 33.4. The second kappa shape index (κ2) is 5.13. The van der Waals surface area contributed by atoms with Gasteiger partial charge in [-0.1, -0.05) is 0 Å². The normalized spacial score (nSPS) is 11.8. The molecule has 0 aliphatic heterocycles. The van der Waals surface area contributed by atoms with Crippen LogP contribution in [0.15, 0.2) is 0 Å². The summed E-state index contributed by atoms with van der Waals surface area (Å²) < 4.78 is 0. The molecule has 7 nitrogen and oxygen atoms in total. The van der Waals surface area contributed by atoms with Gasteiger partial charge in [0.15, 0.2) is 0 Å². The van der Waals surface area contributed by atoms with Crippen LogP contribution in [0.4, 0.5) is 0 Å². The molecular formula is C10H19N3O4. The predicted octanol–water partition coefficient (Wildman–Crippen LogP) is -1.18. The number of carboxylic acid groups (broad SMARTS) is 1. The zero-order valence-corrected chi connectivity index (χ0v) is 10.5. The molecule has 0 unspecified atom stereocenters. The van der Waals surface area contributed by atoms with Gasteiger partial charge in [0.25, 0.3) is 0 Å². The van der Waals surface area contributed by atoms with Gasteiger partial charge in [0.05, 0.1) is 12.1 Å². The van der Waals surface area contributed by atoms with Crippen LogP contribution in [0.25, 0.3) is 0 Å². The lowest BCUT2D eigenvalue weighted by Crippen LogP contribution is -2.55. The minimum atomic E-state index is -1.37. The highest BCUT2D eigenvalue weighted by atomic mass is 16.4. The summed E-state index contributed by atoms with van der Waals surface area (Å²) in [5.41, 5.74) is 3.05. The number of nitrogens with one attached hydrogen (secondary N) is 2. The van der Waals surface area contributed by atoms with Crippen molar-refractivity contribution in [3.63, 3.8) is 0 Å². The zero-order chi connectivity index (χ0) is 13.9. The van der Waals surface area contributed by atoms with Gasteiger partial charge in [-0.15, -0.1) is 0 Å². The number of aliphatic carboxylic acids is 1. The fourth-order valence-electron chi connectivity index (χ4n) is 0.835. The smallest absolute Gasteiger partial charge is 0.328 e. The summed E-state index contributed by atoms with van der Waals surface area (Å²) in [5, 5.41) is 13.4. The molecule has 0 saturated heterocycles. The van der Waals surface area contributed by atoms with E-state index >= 15 is 0 Å². The number of nitrogens with two attached hydrogens (primary N) is 1. The van der Waals surface area contributed by atoms with Crippen LogP contribution >= 0.6 is 0 Å². The topological polar surface area (TPSA) is 122 Å². The molecule has 5 N–H and O–H groups in total. The van der Waals surface area contributed by atoms with Crippen LogP contribution in [0.3, 0.4) is 0 Å². The van der Waals surface area contributed by atoms with Gasteiger partial charge < -0.3 is 21.5 Å². The lowest BCUT2D eigenvalue weighted by molar-refractivity contribution is -0.145. The third-order valence-electron chi connectivity index (χ3n) is 1.98. The molecule has 0 aliphatic rings. The Morgan fingerprint density at radius 3 is 2.00 bits per heavy atom. The molecule has 0 aromatic carbocycles. The lowest BCUT2D eigenvalue weighted by Gasteiger charge is -2.22. The average Bonchev–Trinajstić information content (AvgIpc) is 2.11. The maximum atomic E-state index is 11.4. The summed E-state index contributed by atoms with van der Waals surface area (Å²) in [6.07, 6.45) is 0. The van der Waals surface area contributed by atoms with E-state index in [1.54, 1.807) is 0 Å². The van der Waals surface area contributed by atoms with Crippen LogP contribution in [0, 0.1) is 0 Å². The van der Waals surface area contributed by atoms with Crippen LogP contribution in [-0.4, -0.2) is 40.5 Å². The number of amides is 2. The van der Waals surface area contributed by atoms with E-state index in [4.69, 9.17) is 10.8 Å². The average molecular weight is 245 g/mol. The maximum absolute atomic E-state index is 11.4. The van der Waals surface area contributed by atoms with E-state index in [2.05, 4.69) is 10.6 Å². The number of hydrogen-bond donors (Lipinski definition) is 4. The Hall–Kier alpha value is -1.63. The van der Waals surface area contributed by atoms with Gasteiger partial charge in [-0.3, -0.25) is 9.59 Å². The molecule has 0 rings (SSSR count). The highest BCUT2D eigenvalue weighted by molar-refractivity contribution is 5.91. The molecule has 0 fully saturated rings. The van der Waals surface area contributed by atoms with Crippen LogP contribution in [-0.2, 0) is 14.4 Å². The van der Waals surface area contributed by atoms with Crippen molar-refractivity contribution in [3.05, 3.63) is 0 Å². The summed E-state index contributed by atoms with van der Waals surface area (Å²) in [7, 11) is 0. The van der Waals surface area contributed by atoms with Gasteiger partial charge in [-0.2, -0.15) is 0 Å². The quantitative estimate of drug-likeness (QED) is 0.485. The molecule has 0 bridgehead atoms. The molecule has 0 spiro atoms. The van der Waals surface area contributed by atoms with E-state index in [1.807, 2.05) is 0 Å². The first-order valence-electron chi connectivity index (χ1n) is 5.08. The number of carboxylic acids is 1. The van der Waals surface area contributed by atoms with Crippen molar-refractivity contribution in [1.82, 2.24) is 10.6 Å². The number of rotatable bonds is 5. The van der Waals surface area contributed by atoms with E-state index in [0.717, 1.165) is 0 Å². The first-order chi connectivity index (χ1) is 7.47. The highest BCUT2D eigenvalue weighted by Crippen LogP contribution is 2.01. The molecule has 17 heavy (non-hydrogen) atoms. The van der Waals surface area contributed by atoms with Crippen molar-refractivity contribution in [2.24, 2.45) is 5.73 Å². The summed E-state index contributed by atoms with van der Waals surface area (Å²) in [6.45, 7) is 5.39. The summed E-state index contributed by atoms with van der Waals surface area (Å²) in [6, 6.07) is 0. The molecule has 0 saturated carbocycles. The van der Waals surface area contributed by atoms with Crippen LogP contribution in [0.2, 0.25) is 0 Å². The van der Waals surface area contributed by atoms with E-state index in [-0.39, 0.29) is 6.54 Å². The first kappa shape index (κ1) is 15.4. The Bertz CT molecular complexity index is 331. The van der Waals surface area contributed by atoms with Gasteiger partial charge in [0.1, 0.15) is 5.54 Å². The standard InChI is InChI=1S/C10H19N3O4/c1-9(2,11)7(15)12-5-6(14)13-10(3,4)8(16)17/h5,11H2,1-4H3,(H,12,15)(H,13,14)(H,16,17). The van der Waals surface area contributed by atoms with E-state index in [0.29, 0.717) is 0 Å². The third-order valence-corrected chi connectivity index (χ3v) is 1.98. The number of hydrogen-bond acceptors (Lipinski definition) is 4. The largest absolute Gasteiger partial charge is 0.480 e. The second-order valence-corrected chi connectivity index (χ2v) is 4.88. The van der Waals surface area contributed by atoms with Gasteiger partial charge in [0, 0.05) is 0 Å². The van der Waals surface area contributed by atoms with Crippen molar-refractivity contribution >= 4 is 17.8 Å². The maximum Gasteiger partial charge on any atom is 0.328 e. The molecule has 0 radical (unpaired) electrons. The molecule has 0 aromatic rings. The van der Waals surface area contributed by atoms with E-state index < -0.39 is 28.9 Å². The van der Waals surface area contributed by atoms with Gasteiger partial charge in [-0.25, -0.2) is 4.79 Å². The molecule has 0 atom stereocenters.